The van der Waals surface area contributed by atoms with Crippen molar-refractivity contribution in [1.29, 1.82) is 5.26 Å². The van der Waals surface area contributed by atoms with E-state index in [9.17, 15) is 4.79 Å². The second kappa shape index (κ2) is 6.70. The number of nitriles is 1. The molecule has 0 bridgehead atoms. The van der Waals surface area contributed by atoms with Crippen molar-refractivity contribution in [3.63, 3.8) is 0 Å². The third-order valence-corrected chi connectivity index (χ3v) is 2.77. The quantitative estimate of drug-likeness (QED) is 0.845. The molecule has 17 heavy (non-hydrogen) atoms. The first-order chi connectivity index (χ1) is 8.17. The molecular formula is C14H18N2O. The second-order valence-corrected chi connectivity index (χ2v) is 4.14. The van der Waals surface area contributed by atoms with Gasteiger partial charge in [-0.1, -0.05) is 37.3 Å². The van der Waals surface area contributed by atoms with Crippen LogP contribution in [0.5, 0.6) is 0 Å². The van der Waals surface area contributed by atoms with Crippen molar-refractivity contribution in [2.45, 2.75) is 38.6 Å². The Morgan fingerprint density at radius 1 is 1.41 bits per heavy atom. The zero-order chi connectivity index (χ0) is 12.7. The van der Waals surface area contributed by atoms with E-state index < -0.39 is 6.04 Å². The Bertz CT molecular complexity index is 394. The van der Waals surface area contributed by atoms with Crippen LogP contribution in [0, 0.1) is 11.3 Å². The summed E-state index contributed by atoms with van der Waals surface area (Å²) in [7, 11) is 0. The van der Waals surface area contributed by atoms with Gasteiger partial charge in [0.15, 0.2) is 0 Å². The fourth-order valence-electron chi connectivity index (χ4n) is 1.78. The summed E-state index contributed by atoms with van der Waals surface area (Å²) in [6.45, 7) is 3.75. The van der Waals surface area contributed by atoms with Crippen molar-refractivity contribution >= 4 is 5.91 Å². The average Bonchev–Trinajstić information content (AvgIpc) is 2.36. The fraction of sp³-hybridized carbons (Fsp3) is 0.429. The van der Waals surface area contributed by atoms with Gasteiger partial charge in [-0.15, -0.1) is 0 Å². The molecule has 3 nitrogen and oxygen atoms in total. The molecular weight excluding hydrogens is 212 g/mol. The summed E-state index contributed by atoms with van der Waals surface area (Å²) in [6, 6.07) is 11.6. The normalized spacial score (nSPS) is 13.5. The van der Waals surface area contributed by atoms with E-state index in [1.807, 2.05) is 36.4 Å². The summed E-state index contributed by atoms with van der Waals surface area (Å²) in [5, 5.41) is 11.3. The predicted molar refractivity (Wildman–Crippen MR) is 67.3 cm³/mol. The summed E-state index contributed by atoms with van der Waals surface area (Å²) in [5.74, 6) is 0.164. The Hall–Kier alpha value is -1.82. The van der Waals surface area contributed by atoms with Crippen LogP contribution in [0.1, 0.15) is 38.2 Å². The van der Waals surface area contributed by atoms with Gasteiger partial charge in [-0.25, -0.2) is 0 Å². The lowest BCUT2D eigenvalue weighted by Crippen LogP contribution is -2.32. The molecule has 0 spiro atoms. The van der Waals surface area contributed by atoms with Crippen LogP contribution in [-0.4, -0.2) is 11.9 Å². The van der Waals surface area contributed by atoms with Crippen molar-refractivity contribution in [1.82, 2.24) is 5.32 Å². The van der Waals surface area contributed by atoms with E-state index in [2.05, 4.69) is 12.2 Å². The van der Waals surface area contributed by atoms with Crippen molar-refractivity contribution in [2.75, 3.05) is 0 Å². The molecule has 0 heterocycles. The number of nitrogens with zero attached hydrogens (tertiary/aromatic N) is 1. The van der Waals surface area contributed by atoms with Gasteiger partial charge in [0, 0.05) is 6.42 Å². The number of benzene rings is 1. The Morgan fingerprint density at radius 2 is 2.06 bits per heavy atom. The van der Waals surface area contributed by atoms with Gasteiger partial charge in [-0.3, -0.25) is 4.79 Å². The van der Waals surface area contributed by atoms with Crippen molar-refractivity contribution in [2.24, 2.45) is 0 Å². The molecule has 3 heteroatoms. The summed E-state index contributed by atoms with van der Waals surface area (Å²) >= 11 is 0. The number of hydrogen-bond donors (Lipinski definition) is 1. The standard InChI is InChI=1S/C14H18N2O/c1-3-12(13-7-5-4-6-8-13)9-14(17)16-11(2)10-15/h4-8,11-12H,3,9H2,1-2H3,(H,16,17)/t11-,12+/m0/s1. The highest BCUT2D eigenvalue weighted by atomic mass is 16.1. The molecule has 0 aliphatic rings. The van der Waals surface area contributed by atoms with Crippen LogP contribution in [0.25, 0.3) is 0 Å². The lowest BCUT2D eigenvalue weighted by molar-refractivity contribution is -0.121. The molecule has 0 fully saturated rings. The summed E-state index contributed by atoms with van der Waals surface area (Å²) < 4.78 is 0. The molecule has 0 saturated heterocycles. The molecule has 90 valence electrons. The van der Waals surface area contributed by atoms with Crippen LogP contribution < -0.4 is 5.32 Å². The minimum atomic E-state index is -0.421. The third-order valence-electron chi connectivity index (χ3n) is 2.77. The third kappa shape index (κ3) is 4.28. The van der Waals surface area contributed by atoms with Crippen LogP contribution >= 0.6 is 0 Å². The fourth-order valence-corrected chi connectivity index (χ4v) is 1.78. The second-order valence-electron chi connectivity index (χ2n) is 4.14. The monoisotopic (exact) mass is 230 g/mol. The number of amides is 1. The molecule has 0 aliphatic heterocycles. The SMILES string of the molecule is CC[C@H](CC(=O)N[C@@H](C)C#N)c1ccccc1. The average molecular weight is 230 g/mol. The lowest BCUT2D eigenvalue weighted by atomic mass is 9.93. The highest BCUT2D eigenvalue weighted by Gasteiger charge is 2.15. The number of carbonyl (C=O) groups excluding carboxylic acids is 1. The maximum atomic E-state index is 11.7. The van der Waals surface area contributed by atoms with E-state index >= 15 is 0 Å². The smallest absolute Gasteiger partial charge is 0.221 e. The van der Waals surface area contributed by atoms with Gasteiger partial charge in [0.05, 0.1) is 6.07 Å². The Labute approximate surface area is 102 Å². The Morgan fingerprint density at radius 3 is 2.59 bits per heavy atom. The van der Waals surface area contributed by atoms with Crippen LogP contribution in [0.3, 0.4) is 0 Å². The molecule has 1 rings (SSSR count). The minimum absolute atomic E-state index is 0.0604. The molecule has 0 saturated carbocycles. The van der Waals surface area contributed by atoms with Crippen LogP contribution in [0.2, 0.25) is 0 Å². The highest BCUT2D eigenvalue weighted by Crippen LogP contribution is 2.22. The molecule has 0 aromatic heterocycles. The maximum Gasteiger partial charge on any atom is 0.221 e. The van der Waals surface area contributed by atoms with Gasteiger partial charge < -0.3 is 5.32 Å². The zero-order valence-corrected chi connectivity index (χ0v) is 10.3. The molecule has 1 aromatic carbocycles. The molecule has 0 radical (unpaired) electrons. The van der Waals surface area contributed by atoms with Gasteiger partial charge in [-0.2, -0.15) is 5.26 Å². The first-order valence-electron chi connectivity index (χ1n) is 5.91. The van der Waals surface area contributed by atoms with Crippen LogP contribution in [0.15, 0.2) is 30.3 Å². The van der Waals surface area contributed by atoms with Gasteiger partial charge in [-0.05, 0) is 24.8 Å². The summed E-state index contributed by atoms with van der Waals surface area (Å²) in [5.41, 5.74) is 1.18. The highest BCUT2D eigenvalue weighted by molar-refractivity contribution is 5.77. The summed E-state index contributed by atoms with van der Waals surface area (Å²) in [6.07, 6.45) is 1.35. The van der Waals surface area contributed by atoms with Gasteiger partial charge >= 0.3 is 0 Å². The van der Waals surface area contributed by atoms with Crippen molar-refractivity contribution in [3.8, 4) is 6.07 Å². The van der Waals surface area contributed by atoms with E-state index in [1.54, 1.807) is 6.92 Å². The minimum Gasteiger partial charge on any atom is -0.341 e. The maximum absolute atomic E-state index is 11.7. The molecule has 1 N–H and O–H groups in total. The van der Waals surface area contributed by atoms with Crippen LogP contribution in [-0.2, 0) is 4.79 Å². The van der Waals surface area contributed by atoms with Crippen molar-refractivity contribution in [3.05, 3.63) is 35.9 Å². The first kappa shape index (κ1) is 13.2. The van der Waals surface area contributed by atoms with Crippen molar-refractivity contribution < 1.29 is 4.79 Å². The molecule has 1 aromatic rings. The first-order valence-corrected chi connectivity index (χ1v) is 5.91. The molecule has 0 unspecified atom stereocenters. The zero-order valence-electron chi connectivity index (χ0n) is 10.3. The molecule has 2 atom stereocenters. The number of nitrogens with one attached hydrogen (secondary N) is 1. The van der Waals surface area contributed by atoms with Crippen LogP contribution in [0.4, 0.5) is 0 Å². The summed E-state index contributed by atoms with van der Waals surface area (Å²) in [4.78, 5) is 11.7. The van der Waals surface area contributed by atoms with E-state index in [-0.39, 0.29) is 11.8 Å². The van der Waals surface area contributed by atoms with Gasteiger partial charge in [0.25, 0.3) is 0 Å². The van der Waals surface area contributed by atoms with Gasteiger partial charge in [0.1, 0.15) is 6.04 Å². The predicted octanol–water partition coefficient (Wildman–Crippen LogP) is 2.60. The van der Waals surface area contributed by atoms with E-state index in [0.29, 0.717) is 6.42 Å². The van der Waals surface area contributed by atoms with E-state index in [0.717, 1.165) is 6.42 Å². The number of carbonyl (C=O) groups is 1. The lowest BCUT2D eigenvalue weighted by Gasteiger charge is -2.15. The number of rotatable bonds is 5. The Kier molecular flexibility index (Phi) is 5.22. The molecule has 1 amide bonds. The number of hydrogen-bond acceptors (Lipinski definition) is 2. The van der Waals surface area contributed by atoms with E-state index in [1.165, 1.54) is 5.56 Å². The largest absolute Gasteiger partial charge is 0.341 e. The Balaban J connectivity index is 2.60. The van der Waals surface area contributed by atoms with Gasteiger partial charge in [0.2, 0.25) is 5.91 Å². The molecule has 0 aliphatic carbocycles. The topological polar surface area (TPSA) is 52.9 Å². The van der Waals surface area contributed by atoms with E-state index in [4.69, 9.17) is 5.26 Å².